The smallest absolute Gasteiger partial charge is 0.0736 e. The Bertz CT molecular complexity index is 327. The van der Waals surface area contributed by atoms with Gasteiger partial charge >= 0.3 is 0 Å². The molecule has 0 heterocycles. The molecule has 0 fully saturated rings. The van der Waals surface area contributed by atoms with E-state index in [2.05, 4.69) is 0 Å². The van der Waals surface area contributed by atoms with Crippen molar-refractivity contribution >= 4 is 11.6 Å². The van der Waals surface area contributed by atoms with Gasteiger partial charge in [0.25, 0.3) is 0 Å². The Kier molecular flexibility index (Phi) is 2.28. The first-order chi connectivity index (χ1) is 6.20. The van der Waals surface area contributed by atoms with Gasteiger partial charge < -0.3 is 10.8 Å². The highest BCUT2D eigenvalue weighted by Gasteiger charge is 2.25. The fraction of sp³-hybridized carbons (Fsp3) is 0.400. The first-order valence-corrected chi connectivity index (χ1v) is 4.79. The van der Waals surface area contributed by atoms with Crippen LogP contribution >= 0.6 is 11.6 Å². The molecule has 2 atom stereocenters. The van der Waals surface area contributed by atoms with Crippen molar-refractivity contribution in [1.82, 2.24) is 0 Å². The molecule has 0 bridgehead atoms. The van der Waals surface area contributed by atoms with E-state index in [1.165, 1.54) is 0 Å². The van der Waals surface area contributed by atoms with E-state index in [-0.39, 0.29) is 6.04 Å². The highest BCUT2D eigenvalue weighted by Crippen LogP contribution is 2.32. The Hall–Kier alpha value is -0.570. The van der Waals surface area contributed by atoms with Crippen LogP contribution in [0.2, 0.25) is 5.02 Å². The summed E-state index contributed by atoms with van der Waals surface area (Å²) >= 11 is 6.02. The average Bonchev–Trinajstić information content (AvgIpc) is 2.12. The van der Waals surface area contributed by atoms with Crippen LogP contribution in [0.1, 0.15) is 23.6 Å². The summed E-state index contributed by atoms with van der Waals surface area (Å²) in [4.78, 5) is 0. The Labute approximate surface area is 82.3 Å². The van der Waals surface area contributed by atoms with Crippen molar-refractivity contribution in [2.45, 2.75) is 25.0 Å². The first-order valence-electron chi connectivity index (χ1n) is 4.41. The number of rotatable bonds is 0. The van der Waals surface area contributed by atoms with Crippen molar-refractivity contribution in [2.75, 3.05) is 0 Å². The Morgan fingerprint density at radius 1 is 1.46 bits per heavy atom. The lowest BCUT2D eigenvalue weighted by molar-refractivity contribution is 0.128. The lowest BCUT2D eigenvalue weighted by Gasteiger charge is -2.27. The summed E-state index contributed by atoms with van der Waals surface area (Å²) in [5, 5.41) is 10.3. The van der Waals surface area contributed by atoms with Gasteiger partial charge in [-0.25, -0.2) is 0 Å². The fourth-order valence-electron chi connectivity index (χ4n) is 1.83. The molecule has 3 N–H and O–H groups in total. The summed E-state index contributed by atoms with van der Waals surface area (Å²) < 4.78 is 0. The third kappa shape index (κ3) is 1.46. The molecule has 1 aromatic carbocycles. The zero-order valence-electron chi connectivity index (χ0n) is 7.20. The van der Waals surface area contributed by atoms with Gasteiger partial charge in [0, 0.05) is 5.02 Å². The molecule has 70 valence electrons. The minimum absolute atomic E-state index is 0.276. The van der Waals surface area contributed by atoms with E-state index in [1.54, 1.807) is 0 Å². The fourth-order valence-corrected chi connectivity index (χ4v) is 2.11. The van der Waals surface area contributed by atoms with Gasteiger partial charge in [0.1, 0.15) is 0 Å². The maximum Gasteiger partial charge on any atom is 0.0736 e. The van der Waals surface area contributed by atoms with Gasteiger partial charge in [-0.05, 0) is 30.0 Å². The third-order valence-electron chi connectivity index (χ3n) is 2.62. The molecule has 0 saturated heterocycles. The van der Waals surface area contributed by atoms with Crippen molar-refractivity contribution < 1.29 is 5.11 Å². The maximum absolute atomic E-state index is 9.55. The molecule has 0 unspecified atom stereocenters. The third-order valence-corrected chi connectivity index (χ3v) is 2.97. The topological polar surface area (TPSA) is 46.2 Å². The van der Waals surface area contributed by atoms with Gasteiger partial charge in [0.15, 0.2) is 0 Å². The monoisotopic (exact) mass is 197 g/mol. The Morgan fingerprint density at radius 2 is 2.23 bits per heavy atom. The minimum atomic E-state index is -0.425. The highest BCUT2D eigenvalue weighted by molar-refractivity contribution is 6.31. The van der Waals surface area contributed by atoms with Crippen LogP contribution in [-0.4, -0.2) is 11.2 Å². The lowest BCUT2D eigenvalue weighted by Crippen LogP contribution is -2.31. The molecule has 1 aliphatic rings. The number of hydrogen-bond acceptors (Lipinski definition) is 2. The summed E-state index contributed by atoms with van der Waals surface area (Å²) in [6.07, 6.45) is 1.10. The number of nitrogens with two attached hydrogens (primary N) is 1. The van der Waals surface area contributed by atoms with Crippen LogP contribution in [-0.2, 0) is 6.42 Å². The molecule has 1 aromatic rings. The standard InChI is InChI=1S/C10H12ClNO/c11-8-3-1-2-7-6(8)4-5-9(13)10(7)12/h1-3,9-10,13H,4-5,12H2/t9-,10-/m0/s1. The molecule has 0 amide bonds. The van der Waals surface area contributed by atoms with Crippen LogP contribution in [0.4, 0.5) is 0 Å². The molecule has 2 nitrogen and oxygen atoms in total. The van der Waals surface area contributed by atoms with Crippen molar-refractivity contribution in [2.24, 2.45) is 5.73 Å². The van der Waals surface area contributed by atoms with Crippen molar-refractivity contribution in [3.63, 3.8) is 0 Å². The quantitative estimate of drug-likeness (QED) is 0.665. The minimum Gasteiger partial charge on any atom is -0.391 e. The van der Waals surface area contributed by atoms with Crippen molar-refractivity contribution in [3.05, 3.63) is 34.3 Å². The zero-order valence-corrected chi connectivity index (χ0v) is 7.96. The van der Waals surface area contributed by atoms with E-state index in [0.29, 0.717) is 6.42 Å². The Balaban J connectivity index is 2.49. The number of benzene rings is 1. The predicted molar refractivity (Wildman–Crippen MR) is 52.7 cm³/mol. The van der Waals surface area contributed by atoms with E-state index >= 15 is 0 Å². The number of fused-ring (bicyclic) bond motifs is 1. The summed E-state index contributed by atoms with van der Waals surface area (Å²) in [6, 6.07) is 5.40. The Morgan fingerprint density at radius 3 is 3.00 bits per heavy atom. The maximum atomic E-state index is 9.55. The lowest BCUT2D eigenvalue weighted by atomic mass is 9.86. The van der Waals surface area contributed by atoms with Gasteiger partial charge in [0.2, 0.25) is 0 Å². The molecule has 0 aromatic heterocycles. The zero-order chi connectivity index (χ0) is 9.42. The second-order valence-electron chi connectivity index (χ2n) is 3.44. The van der Waals surface area contributed by atoms with Gasteiger partial charge in [0.05, 0.1) is 12.1 Å². The second kappa shape index (κ2) is 3.29. The van der Waals surface area contributed by atoms with Crippen LogP contribution in [0.25, 0.3) is 0 Å². The molecule has 0 aliphatic heterocycles. The summed E-state index contributed by atoms with van der Waals surface area (Å²) in [5.74, 6) is 0. The highest BCUT2D eigenvalue weighted by atomic mass is 35.5. The van der Waals surface area contributed by atoms with E-state index in [4.69, 9.17) is 17.3 Å². The number of aliphatic hydroxyl groups excluding tert-OH is 1. The van der Waals surface area contributed by atoms with Gasteiger partial charge in [-0.15, -0.1) is 0 Å². The van der Waals surface area contributed by atoms with Gasteiger partial charge in [-0.1, -0.05) is 23.7 Å². The predicted octanol–water partition coefficient (Wildman–Crippen LogP) is 1.65. The van der Waals surface area contributed by atoms with E-state index in [1.807, 2.05) is 18.2 Å². The first kappa shape index (κ1) is 9.00. The second-order valence-corrected chi connectivity index (χ2v) is 3.85. The van der Waals surface area contributed by atoms with Gasteiger partial charge in [-0.3, -0.25) is 0 Å². The molecular weight excluding hydrogens is 186 g/mol. The van der Waals surface area contributed by atoms with Crippen LogP contribution in [0.5, 0.6) is 0 Å². The molecule has 3 heteroatoms. The van der Waals surface area contributed by atoms with Crippen LogP contribution in [0.3, 0.4) is 0 Å². The van der Waals surface area contributed by atoms with Crippen LogP contribution in [0.15, 0.2) is 18.2 Å². The summed E-state index contributed by atoms with van der Waals surface area (Å²) in [7, 11) is 0. The van der Waals surface area contributed by atoms with Crippen LogP contribution < -0.4 is 5.73 Å². The molecule has 0 saturated carbocycles. The molecule has 1 aliphatic carbocycles. The number of hydrogen-bond donors (Lipinski definition) is 2. The van der Waals surface area contributed by atoms with Gasteiger partial charge in [-0.2, -0.15) is 0 Å². The normalized spacial score (nSPS) is 27.0. The van der Waals surface area contributed by atoms with E-state index in [9.17, 15) is 5.11 Å². The van der Waals surface area contributed by atoms with E-state index in [0.717, 1.165) is 22.6 Å². The largest absolute Gasteiger partial charge is 0.391 e. The number of aliphatic hydroxyl groups is 1. The van der Waals surface area contributed by atoms with Crippen molar-refractivity contribution in [3.8, 4) is 0 Å². The van der Waals surface area contributed by atoms with E-state index < -0.39 is 6.10 Å². The molecule has 0 radical (unpaired) electrons. The molecule has 13 heavy (non-hydrogen) atoms. The summed E-state index contributed by atoms with van der Waals surface area (Å²) in [6.45, 7) is 0. The molecule has 2 rings (SSSR count). The molecule has 0 spiro atoms. The average molecular weight is 198 g/mol. The number of halogens is 1. The van der Waals surface area contributed by atoms with Crippen molar-refractivity contribution in [1.29, 1.82) is 0 Å². The summed E-state index contributed by atoms with van der Waals surface area (Å²) in [5.41, 5.74) is 7.94. The molecular formula is C10H12ClNO. The SMILES string of the molecule is N[C@H]1c2cccc(Cl)c2CC[C@@H]1O. The van der Waals surface area contributed by atoms with Crippen LogP contribution in [0, 0.1) is 0 Å².